The summed E-state index contributed by atoms with van der Waals surface area (Å²) in [7, 11) is 0. The van der Waals surface area contributed by atoms with Gasteiger partial charge in [-0.15, -0.1) is 0 Å². The van der Waals surface area contributed by atoms with Gasteiger partial charge in [0, 0.05) is 5.56 Å². The van der Waals surface area contributed by atoms with Crippen LogP contribution in [-0.2, 0) is 9.59 Å². The van der Waals surface area contributed by atoms with Gasteiger partial charge in [0.05, 0.1) is 28.6 Å². The third-order valence-electron chi connectivity index (χ3n) is 4.54. The number of carbonyl (C=O) groups excluding carboxylic acids is 3. The molecule has 0 radical (unpaired) electrons. The lowest BCUT2D eigenvalue weighted by atomic mass is 10.1. The van der Waals surface area contributed by atoms with E-state index in [0.29, 0.717) is 29.3 Å². The van der Waals surface area contributed by atoms with Crippen molar-refractivity contribution in [1.82, 2.24) is 5.43 Å². The molecule has 3 aromatic rings. The third kappa shape index (κ3) is 6.20. The zero-order valence-corrected chi connectivity index (χ0v) is 19.3. The van der Waals surface area contributed by atoms with Gasteiger partial charge in [0.15, 0.2) is 0 Å². The SMILES string of the molecule is CCOc1ccccc1NC(=O)C(=O)N/N=C(\C)c1ccccc1OC(=O)c1ccccc1Cl. The lowest BCUT2D eigenvalue weighted by Crippen LogP contribution is -2.33. The number of nitrogens with zero attached hydrogens (tertiary/aromatic N) is 1. The van der Waals surface area contributed by atoms with Crippen molar-refractivity contribution in [3.8, 4) is 11.5 Å². The number of halogens is 1. The number of hydrazone groups is 1. The van der Waals surface area contributed by atoms with Crippen LogP contribution in [0.1, 0.15) is 29.8 Å². The average Bonchev–Trinajstić information content (AvgIpc) is 2.84. The van der Waals surface area contributed by atoms with E-state index in [2.05, 4.69) is 15.8 Å². The summed E-state index contributed by atoms with van der Waals surface area (Å²) in [5, 5.41) is 6.74. The molecule has 0 spiro atoms. The number of para-hydroxylation sites is 3. The topological polar surface area (TPSA) is 106 Å². The van der Waals surface area contributed by atoms with Crippen molar-refractivity contribution in [1.29, 1.82) is 0 Å². The molecule has 0 heterocycles. The monoisotopic (exact) mass is 479 g/mol. The summed E-state index contributed by atoms with van der Waals surface area (Å²) in [6.07, 6.45) is 0. The second-order valence-electron chi connectivity index (χ2n) is 6.89. The molecule has 2 N–H and O–H groups in total. The Balaban J connectivity index is 1.70. The van der Waals surface area contributed by atoms with E-state index in [4.69, 9.17) is 21.1 Å². The van der Waals surface area contributed by atoms with E-state index >= 15 is 0 Å². The standard InChI is InChI=1S/C25H22ClN3O5/c1-3-33-22-15-9-7-13-20(22)27-23(30)24(31)29-28-16(2)17-10-5-8-14-21(17)34-25(32)18-11-4-6-12-19(18)26/h4-15H,3H2,1-2H3,(H,27,30)(H,29,31)/b28-16+. The molecule has 0 atom stereocenters. The lowest BCUT2D eigenvalue weighted by molar-refractivity contribution is -0.136. The minimum absolute atomic E-state index is 0.214. The zero-order valence-electron chi connectivity index (χ0n) is 18.5. The van der Waals surface area contributed by atoms with Crippen LogP contribution in [0.2, 0.25) is 5.02 Å². The van der Waals surface area contributed by atoms with Crippen LogP contribution in [0.3, 0.4) is 0 Å². The maximum absolute atomic E-state index is 12.5. The number of nitrogens with one attached hydrogen (secondary N) is 2. The van der Waals surface area contributed by atoms with Crippen molar-refractivity contribution < 1.29 is 23.9 Å². The predicted molar refractivity (Wildman–Crippen MR) is 129 cm³/mol. The van der Waals surface area contributed by atoms with Crippen molar-refractivity contribution in [3.05, 3.63) is 88.9 Å². The lowest BCUT2D eigenvalue weighted by Gasteiger charge is -2.11. The molecule has 0 unspecified atom stereocenters. The van der Waals surface area contributed by atoms with Crippen molar-refractivity contribution in [2.24, 2.45) is 5.10 Å². The number of hydrogen-bond donors (Lipinski definition) is 2. The fraction of sp³-hybridized carbons (Fsp3) is 0.120. The number of rotatable bonds is 7. The molecule has 0 aliphatic carbocycles. The average molecular weight is 480 g/mol. The Morgan fingerprint density at radius 3 is 2.18 bits per heavy atom. The first-order chi connectivity index (χ1) is 16.4. The summed E-state index contributed by atoms with van der Waals surface area (Å²) >= 11 is 6.07. The smallest absolute Gasteiger partial charge is 0.345 e. The van der Waals surface area contributed by atoms with Crippen LogP contribution >= 0.6 is 11.6 Å². The summed E-state index contributed by atoms with van der Waals surface area (Å²) in [4.78, 5) is 37.1. The van der Waals surface area contributed by atoms with Gasteiger partial charge in [0.1, 0.15) is 11.5 Å². The Hall–Kier alpha value is -4.17. The number of anilines is 1. The summed E-state index contributed by atoms with van der Waals surface area (Å²) in [6, 6.07) is 19.9. The van der Waals surface area contributed by atoms with Crippen LogP contribution in [0.5, 0.6) is 11.5 Å². The van der Waals surface area contributed by atoms with Crippen molar-refractivity contribution in [3.63, 3.8) is 0 Å². The summed E-state index contributed by atoms with van der Waals surface area (Å²) < 4.78 is 10.9. The van der Waals surface area contributed by atoms with Gasteiger partial charge < -0.3 is 14.8 Å². The van der Waals surface area contributed by atoms with Gasteiger partial charge in [-0.1, -0.05) is 48.0 Å². The molecule has 0 bridgehead atoms. The van der Waals surface area contributed by atoms with E-state index in [1.165, 1.54) is 0 Å². The van der Waals surface area contributed by atoms with E-state index < -0.39 is 17.8 Å². The molecular weight excluding hydrogens is 458 g/mol. The third-order valence-corrected chi connectivity index (χ3v) is 4.87. The largest absolute Gasteiger partial charge is 0.492 e. The number of amides is 2. The molecule has 0 aromatic heterocycles. The first kappa shape index (κ1) is 24.5. The number of esters is 1. The summed E-state index contributed by atoms with van der Waals surface area (Å²) in [5.74, 6) is -1.86. The van der Waals surface area contributed by atoms with E-state index in [1.54, 1.807) is 79.7 Å². The Labute approximate surface area is 201 Å². The predicted octanol–water partition coefficient (Wildman–Crippen LogP) is 4.44. The van der Waals surface area contributed by atoms with Crippen LogP contribution in [0, 0.1) is 0 Å². The minimum atomic E-state index is -0.976. The second-order valence-corrected chi connectivity index (χ2v) is 7.29. The van der Waals surface area contributed by atoms with Gasteiger partial charge in [-0.25, -0.2) is 10.2 Å². The zero-order chi connectivity index (χ0) is 24.5. The molecular formula is C25H22ClN3O5. The minimum Gasteiger partial charge on any atom is -0.492 e. The molecule has 3 rings (SSSR count). The molecule has 0 fully saturated rings. The highest BCUT2D eigenvalue weighted by atomic mass is 35.5. The van der Waals surface area contributed by atoms with E-state index in [0.717, 1.165) is 0 Å². The van der Waals surface area contributed by atoms with Gasteiger partial charge in [-0.3, -0.25) is 9.59 Å². The molecule has 9 heteroatoms. The van der Waals surface area contributed by atoms with E-state index in [1.807, 2.05) is 6.92 Å². The van der Waals surface area contributed by atoms with Crippen LogP contribution in [0.4, 0.5) is 5.69 Å². The highest BCUT2D eigenvalue weighted by molar-refractivity contribution is 6.39. The first-order valence-electron chi connectivity index (χ1n) is 10.3. The van der Waals surface area contributed by atoms with Crippen molar-refractivity contribution in [2.75, 3.05) is 11.9 Å². The molecule has 2 amide bonds. The Bertz CT molecular complexity index is 1240. The molecule has 0 aliphatic rings. The van der Waals surface area contributed by atoms with Crippen LogP contribution in [0.25, 0.3) is 0 Å². The van der Waals surface area contributed by atoms with Crippen LogP contribution in [0.15, 0.2) is 77.9 Å². The molecule has 0 saturated carbocycles. The van der Waals surface area contributed by atoms with Gasteiger partial charge in [0.25, 0.3) is 0 Å². The molecule has 8 nitrogen and oxygen atoms in total. The van der Waals surface area contributed by atoms with Gasteiger partial charge in [-0.2, -0.15) is 5.10 Å². The van der Waals surface area contributed by atoms with Gasteiger partial charge in [-0.05, 0) is 50.2 Å². The van der Waals surface area contributed by atoms with Gasteiger partial charge >= 0.3 is 17.8 Å². The Morgan fingerprint density at radius 2 is 1.47 bits per heavy atom. The number of carbonyl (C=O) groups is 3. The highest BCUT2D eigenvalue weighted by Gasteiger charge is 2.18. The maximum atomic E-state index is 12.5. The molecule has 34 heavy (non-hydrogen) atoms. The molecule has 174 valence electrons. The van der Waals surface area contributed by atoms with Crippen LogP contribution < -0.4 is 20.2 Å². The number of hydrogen-bond acceptors (Lipinski definition) is 6. The quantitative estimate of drug-likeness (QED) is 0.171. The molecule has 0 aliphatic heterocycles. The molecule has 0 saturated heterocycles. The summed E-state index contributed by atoms with van der Waals surface area (Å²) in [5.41, 5.74) is 3.55. The second kappa shape index (κ2) is 11.6. The molecule has 3 aromatic carbocycles. The fourth-order valence-electron chi connectivity index (χ4n) is 2.91. The number of benzene rings is 3. The van der Waals surface area contributed by atoms with Crippen LogP contribution in [-0.4, -0.2) is 30.1 Å². The van der Waals surface area contributed by atoms with Crippen molar-refractivity contribution >= 4 is 40.8 Å². The van der Waals surface area contributed by atoms with E-state index in [9.17, 15) is 14.4 Å². The maximum Gasteiger partial charge on any atom is 0.345 e. The van der Waals surface area contributed by atoms with E-state index in [-0.39, 0.29) is 16.3 Å². The normalized spacial score (nSPS) is 10.9. The Kier molecular flexibility index (Phi) is 8.37. The number of ether oxygens (including phenoxy) is 2. The van der Waals surface area contributed by atoms with Crippen molar-refractivity contribution in [2.45, 2.75) is 13.8 Å². The first-order valence-corrected chi connectivity index (χ1v) is 10.7. The summed E-state index contributed by atoms with van der Waals surface area (Å²) in [6.45, 7) is 3.82. The Morgan fingerprint density at radius 1 is 0.853 bits per heavy atom. The van der Waals surface area contributed by atoms with Gasteiger partial charge in [0.2, 0.25) is 0 Å². The fourth-order valence-corrected chi connectivity index (χ4v) is 3.13. The highest BCUT2D eigenvalue weighted by Crippen LogP contribution is 2.24.